The molecule has 0 atom stereocenters. The second-order valence-electron chi connectivity index (χ2n) is 3.50. The minimum Gasteiger partial charge on any atom is -0.300 e. The van der Waals surface area contributed by atoms with Crippen LogP contribution in [0.1, 0.15) is 51.4 Å². The molecule has 0 spiro atoms. The van der Waals surface area contributed by atoms with Crippen molar-refractivity contribution in [2.45, 2.75) is 51.4 Å². The molecule has 0 aliphatic heterocycles. The van der Waals surface area contributed by atoms with E-state index in [-0.39, 0.29) is 0 Å². The molecule has 0 saturated carbocycles. The van der Waals surface area contributed by atoms with Gasteiger partial charge in [0.1, 0.15) is 5.78 Å². The molecule has 0 amide bonds. The third-order valence-electron chi connectivity index (χ3n) is 2.32. The van der Waals surface area contributed by atoms with Crippen LogP contribution in [0.25, 0.3) is 0 Å². The zero-order valence-electron chi connectivity index (χ0n) is 7.72. The molecule has 0 aromatic rings. The first-order valence-corrected chi connectivity index (χ1v) is 5.06. The van der Waals surface area contributed by atoms with Crippen molar-refractivity contribution in [3.63, 3.8) is 0 Å². The zero-order chi connectivity index (χ0) is 8.65. The highest BCUT2D eigenvalue weighted by Crippen LogP contribution is 2.10. The van der Waals surface area contributed by atoms with Gasteiger partial charge in [-0.1, -0.05) is 18.6 Å². The topological polar surface area (TPSA) is 17.1 Å². The van der Waals surface area contributed by atoms with Gasteiger partial charge in [-0.3, -0.25) is 4.79 Å². The van der Waals surface area contributed by atoms with Gasteiger partial charge in [0.05, 0.1) is 0 Å². The van der Waals surface area contributed by atoms with E-state index in [2.05, 4.69) is 12.2 Å². The highest BCUT2D eigenvalue weighted by molar-refractivity contribution is 5.78. The van der Waals surface area contributed by atoms with Crippen LogP contribution in [0.5, 0.6) is 0 Å². The minimum absolute atomic E-state index is 0.463. The summed E-state index contributed by atoms with van der Waals surface area (Å²) in [5.41, 5.74) is 0. The van der Waals surface area contributed by atoms with Crippen molar-refractivity contribution in [1.29, 1.82) is 0 Å². The van der Waals surface area contributed by atoms with Crippen LogP contribution in [0, 0.1) is 0 Å². The Bertz CT molecular complexity index is 158. The SMILES string of the molecule is O=C1CCC/C=C/CCCCC1. The Labute approximate surface area is 74.9 Å². The van der Waals surface area contributed by atoms with Gasteiger partial charge in [0.2, 0.25) is 0 Å². The summed E-state index contributed by atoms with van der Waals surface area (Å²) in [5.74, 6) is 0.463. The molecule has 0 saturated heterocycles. The van der Waals surface area contributed by atoms with Gasteiger partial charge in [-0.25, -0.2) is 0 Å². The van der Waals surface area contributed by atoms with Crippen molar-refractivity contribution < 1.29 is 4.79 Å². The molecule has 1 aliphatic carbocycles. The highest BCUT2D eigenvalue weighted by atomic mass is 16.1. The largest absolute Gasteiger partial charge is 0.300 e. The van der Waals surface area contributed by atoms with Gasteiger partial charge in [0.25, 0.3) is 0 Å². The van der Waals surface area contributed by atoms with E-state index in [0.29, 0.717) is 5.78 Å². The summed E-state index contributed by atoms with van der Waals surface area (Å²) in [6.07, 6.45) is 13.0. The fraction of sp³-hybridized carbons (Fsp3) is 0.727. The molecule has 1 heteroatoms. The molecular weight excluding hydrogens is 148 g/mol. The maximum Gasteiger partial charge on any atom is 0.132 e. The first-order chi connectivity index (χ1) is 5.89. The van der Waals surface area contributed by atoms with Gasteiger partial charge in [-0.2, -0.15) is 0 Å². The first kappa shape index (κ1) is 9.50. The lowest BCUT2D eigenvalue weighted by Gasteiger charge is -1.97. The molecule has 0 fully saturated rings. The van der Waals surface area contributed by atoms with Crippen molar-refractivity contribution in [3.8, 4) is 0 Å². The Balaban J connectivity index is 2.26. The lowest BCUT2D eigenvalue weighted by atomic mass is 10.1. The number of ketones is 1. The van der Waals surface area contributed by atoms with E-state index in [0.717, 1.165) is 32.1 Å². The van der Waals surface area contributed by atoms with E-state index in [1.807, 2.05) is 0 Å². The lowest BCUT2D eigenvalue weighted by molar-refractivity contribution is -0.119. The minimum atomic E-state index is 0.463. The van der Waals surface area contributed by atoms with Crippen molar-refractivity contribution in [3.05, 3.63) is 12.2 Å². The summed E-state index contributed by atoms with van der Waals surface area (Å²) >= 11 is 0. The monoisotopic (exact) mass is 166 g/mol. The van der Waals surface area contributed by atoms with E-state index in [1.165, 1.54) is 19.3 Å². The second-order valence-corrected chi connectivity index (χ2v) is 3.50. The summed E-state index contributed by atoms with van der Waals surface area (Å²) in [7, 11) is 0. The number of Topliss-reactive ketones (excluding diaryl/α,β-unsaturated/α-hetero) is 1. The van der Waals surface area contributed by atoms with E-state index < -0.39 is 0 Å². The molecule has 12 heavy (non-hydrogen) atoms. The van der Waals surface area contributed by atoms with Crippen LogP contribution in [0.2, 0.25) is 0 Å². The van der Waals surface area contributed by atoms with Gasteiger partial charge in [0.15, 0.2) is 0 Å². The standard InChI is InChI=1S/C11H18O/c12-11-9-7-5-3-1-2-4-6-8-10-11/h1,3H,2,4-10H2/b3-1+. The molecule has 1 aliphatic rings. The molecular formula is C11H18O. The quantitative estimate of drug-likeness (QED) is 0.505. The smallest absolute Gasteiger partial charge is 0.132 e. The van der Waals surface area contributed by atoms with Gasteiger partial charge in [-0.05, 0) is 32.1 Å². The Morgan fingerprint density at radius 2 is 1.50 bits per heavy atom. The molecule has 0 radical (unpaired) electrons. The van der Waals surface area contributed by atoms with E-state index in [9.17, 15) is 4.79 Å². The Morgan fingerprint density at radius 1 is 0.833 bits per heavy atom. The molecule has 1 rings (SSSR count). The van der Waals surface area contributed by atoms with Crippen LogP contribution in [0.15, 0.2) is 12.2 Å². The molecule has 0 unspecified atom stereocenters. The average molecular weight is 166 g/mol. The van der Waals surface area contributed by atoms with Gasteiger partial charge < -0.3 is 0 Å². The third kappa shape index (κ3) is 4.32. The summed E-state index contributed by atoms with van der Waals surface area (Å²) < 4.78 is 0. The number of hydrogen-bond donors (Lipinski definition) is 0. The Kier molecular flexibility index (Phi) is 4.74. The van der Waals surface area contributed by atoms with Crippen molar-refractivity contribution in [2.75, 3.05) is 0 Å². The van der Waals surface area contributed by atoms with Gasteiger partial charge in [0, 0.05) is 12.8 Å². The van der Waals surface area contributed by atoms with Crippen LogP contribution in [-0.4, -0.2) is 5.78 Å². The molecule has 0 N–H and O–H groups in total. The lowest BCUT2D eigenvalue weighted by Crippen LogP contribution is -1.96. The molecule has 0 aromatic heterocycles. The second kappa shape index (κ2) is 5.99. The summed E-state index contributed by atoms with van der Waals surface area (Å²) in [5, 5.41) is 0. The number of rotatable bonds is 0. The molecule has 0 aromatic carbocycles. The predicted octanol–water partition coefficient (Wildman–Crippen LogP) is 3.25. The third-order valence-corrected chi connectivity index (χ3v) is 2.32. The van der Waals surface area contributed by atoms with E-state index in [4.69, 9.17) is 0 Å². The van der Waals surface area contributed by atoms with Crippen LogP contribution in [0.3, 0.4) is 0 Å². The first-order valence-electron chi connectivity index (χ1n) is 5.06. The number of carbonyl (C=O) groups is 1. The maximum absolute atomic E-state index is 11.2. The van der Waals surface area contributed by atoms with Crippen LogP contribution in [0.4, 0.5) is 0 Å². The zero-order valence-corrected chi connectivity index (χ0v) is 7.72. The normalized spacial score (nSPS) is 24.5. The predicted molar refractivity (Wildman–Crippen MR) is 51.1 cm³/mol. The Hall–Kier alpha value is -0.590. The number of hydrogen-bond acceptors (Lipinski definition) is 1. The van der Waals surface area contributed by atoms with E-state index in [1.54, 1.807) is 0 Å². The van der Waals surface area contributed by atoms with Crippen LogP contribution >= 0.6 is 0 Å². The summed E-state index contributed by atoms with van der Waals surface area (Å²) in [4.78, 5) is 11.2. The van der Waals surface area contributed by atoms with Crippen LogP contribution in [-0.2, 0) is 4.79 Å². The molecule has 0 heterocycles. The van der Waals surface area contributed by atoms with Crippen molar-refractivity contribution >= 4 is 5.78 Å². The van der Waals surface area contributed by atoms with Gasteiger partial charge >= 0.3 is 0 Å². The summed E-state index contributed by atoms with van der Waals surface area (Å²) in [6.45, 7) is 0. The van der Waals surface area contributed by atoms with Gasteiger partial charge in [-0.15, -0.1) is 0 Å². The Morgan fingerprint density at radius 3 is 2.33 bits per heavy atom. The maximum atomic E-state index is 11.2. The fourth-order valence-electron chi connectivity index (χ4n) is 1.54. The number of carbonyl (C=O) groups excluding carboxylic acids is 1. The van der Waals surface area contributed by atoms with Crippen molar-refractivity contribution in [1.82, 2.24) is 0 Å². The van der Waals surface area contributed by atoms with E-state index >= 15 is 0 Å². The number of allylic oxidation sites excluding steroid dienone is 2. The summed E-state index contributed by atoms with van der Waals surface area (Å²) in [6, 6.07) is 0. The molecule has 68 valence electrons. The fourth-order valence-corrected chi connectivity index (χ4v) is 1.54. The van der Waals surface area contributed by atoms with Crippen LogP contribution < -0.4 is 0 Å². The highest BCUT2D eigenvalue weighted by Gasteiger charge is 2.01. The molecule has 1 nitrogen and oxygen atoms in total. The average Bonchev–Trinajstić information content (AvgIpc) is 2.11. The molecule has 0 bridgehead atoms. The van der Waals surface area contributed by atoms with Crippen molar-refractivity contribution in [2.24, 2.45) is 0 Å².